The fraction of sp³-hybridized carbons (Fsp3) is 0.263. The molecule has 0 bridgehead atoms. The number of nitrogens with one attached hydrogen (secondary N) is 1. The number of amides is 1. The van der Waals surface area contributed by atoms with Gasteiger partial charge in [0.1, 0.15) is 41.9 Å². The van der Waals surface area contributed by atoms with E-state index in [4.69, 9.17) is 9.47 Å². The zero-order valence-electron chi connectivity index (χ0n) is 27.5. The zero-order valence-corrected chi connectivity index (χ0v) is 27.5. The monoisotopic (exact) mass is 693 g/mol. The van der Waals surface area contributed by atoms with Gasteiger partial charge in [-0.15, -0.1) is 0 Å². The molecule has 2 aliphatic rings. The topological polar surface area (TPSA) is 109 Å². The van der Waals surface area contributed by atoms with Crippen LogP contribution in [0.3, 0.4) is 0 Å². The summed E-state index contributed by atoms with van der Waals surface area (Å²) in [5.74, 6) is -1.63. The summed E-state index contributed by atoms with van der Waals surface area (Å²) in [4.78, 5) is 20.9. The molecule has 3 heterocycles. The summed E-state index contributed by atoms with van der Waals surface area (Å²) in [5.41, 5.74) is 3.44. The van der Waals surface area contributed by atoms with Crippen LogP contribution in [0.1, 0.15) is 39.6 Å². The number of halogens is 3. The first-order chi connectivity index (χ1) is 24.8. The number of piperazine rings is 1. The molecule has 7 rings (SSSR count). The molecule has 1 amide bonds. The molecule has 2 aliphatic heterocycles. The molecule has 2 fully saturated rings. The highest BCUT2D eigenvalue weighted by Gasteiger charge is 2.30. The van der Waals surface area contributed by atoms with Gasteiger partial charge in [-0.3, -0.25) is 4.79 Å². The summed E-state index contributed by atoms with van der Waals surface area (Å²) >= 11 is 0. The normalized spacial score (nSPS) is 17.3. The summed E-state index contributed by atoms with van der Waals surface area (Å²) in [5, 5.41) is 16.9. The molecule has 0 aliphatic carbocycles. The second kappa shape index (κ2) is 14.9. The molecular formula is C38H34F3N7O3. The van der Waals surface area contributed by atoms with Crippen molar-refractivity contribution in [1.29, 1.82) is 5.26 Å². The number of anilines is 3. The molecule has 260 valence electrons. The first kappa shape index (κ1) is 33.6. The van der Waals surface area contributed by atoms with Gasteiger partial charge in [0, 0.05) is 60.5 Å². The lowest BCUT2D eigenvalue weighted by molar-refractivity contribution is 0.100. The van der Waals surface area contributed by atoms with E-state index in [0.717, 1.165) is 11.8 Å². The first-order valence-electron chi connectivity index (χ1n) is 16.6. The lowest BCUT2D eigenvalue weighted by Gasteiger charge is -2.38. The average molecular weight is 694 g/mol. The second-order valence-electron chi connectivity index (χ2n) is 12.5. The molecule has 13 heteroatoms. The van der Waals surface area contributed by atoms with Crippen LogP contribution in [0.2, 0.25) is 0 Å². The van der Waals surface area contributed by atoms with Gasteiger partial charge in [-0.25, -0.2) is 22.8 Å². The van der Waals surface area contributed by atoms with E-state index in [2.05, 4.69) is 26.4 Å². The minimum atomic E-state index is -0.671. The minimum Gasteiger partial charge on any atom is -0.492 e. The number of hydrogen-bond acceptors (Lipinski definition) is 8. The fourth-order valence-corrected chi connectivity index (χ4v) is 6.49. The molecule has 2 saturated heterocycles. The van der Waals surface area contributed by atoms with Gasteiger partial charge < -0.3 is 24.6 Å². The van der Waals surface area contributed by atoms with E-state index in [9.17, 15) is 23.2 Å². The molecule has 0 unspecified atom stereocenters. The second-order valence-corrected chi connectivity index (χ2v) is 12.5. The lowest BCUT2D eigenvalue weighted by atomic mass is 9.98. The highest BCUT2D eigenvalue weighted by molar-refractivity contribution is 6.06. The highest BCUT2D eigenvalue weighted by Crippen LogP contribution is 2.36. The maximum absolute atomic E-state index is 14.8. The standard InChI is InChI=1S/C38H34F3N7O3/c39-29-6-8-34(45-38(49)26-4-2-1-3-5-26)35(17-29)47-12-10-46(11-13-47)30-7-9-36(27(15-30)19-42)50-21-25-14-37(51-22-25)31-16-28(32(40)18-33(31)41)20-48-24-43-23-44-48/h1-9,15-18,23-25,37H,10-14,20-22H2,(H,45,49)/t25-,37+/m0/s1. The lowest BCUT2D eigenvalue weighted by Crippen LogP contribution is -2.46. The third-order valence-electron chi connectivity index (χ3n) is 9.18. The van der Waals surface area contributed by atoms with Gasteiger partial charge in [0.2, 0.25) is 0 Å². The molecule has 1 N–H and O–H groups in total. The Balaban J connectivity index is 0.953. The molecule has 0 radical (unpaired) electrons. The third kappa shape index (κ3) is 7.66. The highest BCUT2D eigenvalue weighted by atomic mass is 19.1. The Morgan fingerprint density at radius 3 is 2.53 bits per heavy atom. The predicted molar refractivity (Wildman–Crippen MR) is 184 cm³/mol. The molecule has 5 aromatic rings. The largest absolute Gasteiger partial charge is 0.492 e. The Morgan fingerprint density at radius 2 is 1.76 bits per heavy atom. The number of aromatic nitrogens is 3. The van der Waals surface area contributed by atoms with E-state index in [1.165, 1.54) is 35.5 Å². The quantitative estimate of drug-likeness (QED) is 0.180. The van der Waals surface area contributed by atoms with Crippen LogP contribution >= 0.6 is 0 Å². The van der Waals surface area contributed by atoms with Gasteiger partial charge in [0.15, 0.2) is 0 Å². The Kier molecular flexibility index (Phi) is 9.85. The van der Waals surface area contributed by atoms with E-state index in [-0.39, 0.29) is 36.1 Å². The Labute approximate surface area is 292 Å². The van der Waals surface area contributed by atoms with Crippen molar-refractivity contribution in [2.75, 3.05) is 54.5 Å². The Bertz CT molecular complexity index is 2050. The number of carbonyl (C=O) groups is 1. The molecule has 51 heavy (non-hydrogen) atoms. The van der Waals surface area contributed by atoms with Crippen LogP contribution in [-0.4, -0.2) is 60.1 Å². The minimum absolute atomic E-state index is 0.0669. The van der Waals surface area contributed by atoms with E-state index in [1.807, 2.05) is 17.0 Å². The van der Waals surface area contributed by atoms with E-state index >= 15 is 0 Å². The van der Waals surface area contributed by atoms with Crippen molar-refractivity contribution >= 4 is 23.0 Å². The van der Waals surface area contributed by atoms with Crippen LogP contribution in [0, 0.1) is 34.7 Å². The summed E-state index contributed by atoms with van der Waals surface area (Å²) < 4.78 is 57.1. The van der Waals surface area contributed by atoms with Gasteiger partial charge in [0.25, 0.3) is 5.91 Å². The summed E-state index contributed by atoms with van der Waals surface area (Å²) in [6, 6.07) is 23.2. The maximum atomic E-state index is 14.8. The number of rotatable bonds is 10. The van der Waals surface area contributed by atoms with E-state index in [1.54, 1.807) is 42.5 Å². The zero-order chi connectivity index (χ0) is 35.3. The van der Waals surface area contributed by atoms with Gasteiger partial charge in [-0.1, -0.05) is 18.2 Å². The van der Waals surface area contributed by atoms with Crippen molar-refractivity contribution in [1.82, 2.24) is 14.8 Å². The number of nitrogens with zero attached hydrogens (tertiary/aromatic N) is 6. The number of carbonyl (C=O) groups excluding carboxylic acids is 1. The van der Waals surface area contributed by atoms with Crippen molar-refractivity contribution in [3.8, 4) is 11.8 Å². The number of hydrogen-bond donors (Lipinski definition) is 1. The van der Waals surface area contributed by atoms with Crippen molar-refractivity contribution in [3.63, 3.8) is 0 Å². The maximum Gasteiger partial charge on any atom is 0.255 e. The average Bonchev–Trinajstić information content (AvgIpc) is 3.86. The summed E-state index contributed by atoms with van der Waals surface area (Å²) in [6.07, 6.45) is 2.72. The van der Waals surface area contributed by atoms with E-state index < -0.39 is 23.6 Å². The number of benzene rings is 4. The van der Waals surface area contributed by atoms with Crippen LogP contribution in [0.5, 0.6) is 5.75 Å². The van der Waals surface area contributed by atoms with Crippen LogP contribution in [0.25, 0.3) is 0 Å². The molecule has 2 atom stereocenters. The SMILES string of the molecule is N#Cc1cc(N2CCN(c3cc(F)ccc3NC(=O)c3ccccc3)CC2)ccc1OC[C@H]1CO[C@@H](c2cc(Cn3cncn3)c(F)cc2F)C1. The van der Waals surface area contributed by atoms with Crippen LogP contribution in [0.15, 0.2) is 91.5 Å². The van der Waals surface area contributed by atoms with Gasteiger partial charge in [-0.05, 0) is 61.0 Å². The first-order valence-corrected chi connectivity index (χ1v) is 16.6. The Hall–Kier alpha value is -5.87. The Morgan fingerprint density at radius 1 is 0.961 bits per heavy atom. The predicted octanol–water partition coefficient (Wildman–Crippen LogP) is 6.35. The van der Waals surface area contributed by atoms with E-state index in [0.29, 0.717) is 67.5 Å². The fourth-order valence-electron chi connectivity index (χ4n) is 6.49. The van der Waals surface area contributed by atoms with Gasteiger partial charge >= 0.3 is 0 Å². The van der Waals surface area contributed by atoms with Gasteiger partial charge in [0.05, 0.1) is 42.8 Å². The van der Waals surface area contributed by atoms with Crippen molar-refractivity contribution in [2.24, 2.45) is 5.92 Å². The molecular weight excluding hydrogens is 659 g/mol. The molecule has 0 saturated carbocycles. The van der Waals surface area contributed by atoms with Crippen LogP contribution in [0.4, 0.5) is 30.2 Å². The number of ether oxygens (including phenoxy) is 2. The smallest absolute Gasteiger partial charge is 0.255 e. The summed E-state index contributed by atoms with van der Waals surface area (Å²) in [6.45, 7) is 3.05. The van der Waals surface area contributed by atoms with Crippen LogP contribution < -0.4 is 19.9 Å². The third-order valence-corrected chi connectivity index (χ3v) is 9.18. The van der Waals surface area contributed by atoms with Crippen LogP contribution in [-0.2, 0) is 11.3 Å². The molecule has 0 spiro atoms. The van der Waals surface area contributed by atoms with Crippen molar-refractivity contribution < 1.29 is 27.4 Å². The molecule has 4 aromatic carbocycles. The number of nitriles is 1. The van der Waals surface area contributed by atoms with Crippen molar-refractivity contribution in [3.05, 3.63) is 131 Å². The van der Waals surface area contributed by atoms with Gasteiger partial charge in [-0.2, -0.15) is 10.4 Å². The summed E-state index contributed by atoms with van der Waals surface area (Å²) in [7, 11) is 0. The van der Waals surface area contributed by atoms with Crippen molar-refractivity contribution in [2.45, 2.75) is 19.1 Å². The molecule has 1 aromatic heterocycles. The molecule has 10 nitrogen and oxygen atoms in total.